The fourth-order valence-corrected chi connectivity index (χ4v) is 6.88. The molecule has 14 nitrogen and oxygen atoms in total. The van der Waals surface area contributed by atoms with Gasteiger partial charge in [-0.3, -0.25) is 19.4 Å². The van der Waals surface area contributed by atoms with Crippen LogP contribution in [-0.4, -0.2) is 99.0 Å². The van der Waals surface area contributed by atoms with Gasteiger partial charge >= 0.3 is 6.03 Å². The first kappa shape index (κ1) is 29.4. The number of nitrogens with two attached hydrogens (primary N) is 2. The van der Waals surface area contributed by atoms with Gasteiger partial charge < -0.3 is 37.2 Å². The zero-order chi connectivity index (χ0) is 31.8. The van der Waals surface area contributed by atoms with Crippen molar-refractivity contribution in [3.05, 3.63) is 65.2 Å². The Morgan fingerprint density at radius 3 is 2.48 bits per heavy atom. The molecule has 0 saturated carbocycles. The summed E-state index contributed by atoms with van der Waals surface area (Å²) in [6.45, 7) is 7.49. The van der Waals surface area contributed by atoms with Gasteiger partial charge in [-0.2, -0.15) is 0 Å². The van der Waals surface area contributed by atoms with Gasteiger partial charge in [-0.25, -0.2) is 14.8 Å². The second-order valence-corrected chi connectivity index (χ2v) is 12.7. The van der Waals surface area contributed by atoms with E-state index in [0.29, 0.717) is 11.3 Å². The Morgan fingerprint density at radius 2 is 1.80 bits per heavy atom. The summed E-state index contributed by atoms with van der Waals surface area (Å²) < 4.78 is 0. The van der Waals surface area contributed by atoms with E-state index in [1.807, 2.05) is 13.0 Å². The van der Waals surface area contributed by atoms with Gasteiger partial charge in [-0.05, 0) is 41.7 Å². The van der Waals surface area contributed by atoms with Crippen molar-refractivity contribution in [1.82, 2.24) is 20.4 Å². The average molecular weight is 604 g/mol. The van der Waals surface area contributed by atoms with Crippen molar-refractivity contribution >= 4 is 35.5 Å². The standard InChI is InChI=1S/C30H37N9O5/c1-16-18(11-8-12-19(16)28(2,3)4)24(41)34-21-14-39-26(32)33-20(23-29(39,30(21,43)44)36-25(31)35-23)13-38-22(40)15-37(27(38)42)17-9-6-5-7-10-17/h5-12,20-21,23,43-44H,13-15H2,1-4H3,(H2,32,33)(H,34,41)(H3,31,35,36)/t20-,21?,23-,29?/m0/s1. The Balaban J connectivity index is 1.28. The molecule has 4 amide bonds. The number of anilines is 1. The zero-order valence-electron chi connectivity index (χ0n) is 25.0. The van der Waals surface area contributed by atoms with Crippen LogP contribution >= 0.6 is 0 Å². The summed E-state index contributed by atoms with van der Waals surface area (Å²) in [6, 6.07) is 10.4. The number of para-hydroxylation sites is 1. The van der Waals surface area contributed by atoms with E-state index in [2.05, 4.69) is 41.4 Å². The Morgan fingerprint density at radius 1 is 1.09 bits per heavy atom. The number of imide groups is 1. The lowest BCUT2D eigenvalue weighted by atomic mass is 9.82. The van der Waals surface area contributed by atoms with Crippen LogP contribution in [0.5, 0.6) is 0 Å². The van der Waals surface area contributed by atoms with Gasteiger partial charge in [0.25, 0.3) is 11.8 Å². The fourth-order valence-electron chi connectivity index (χ4n) is 6.88. The number of nitrogens with one attached hydrogen (secondary N) is 2. The molecule has 232 valence electrons. The smallest absolute Gasteiger partial charge is 0.331 e. The number of hydrogen-bond donors (Lipinski definition) is 6. The number of aliphatic imine (C=N–C) groups is 2. The lowest BCUT2D eigenvalue weighted by Crippen LogP contribution is -2.78. The van der Waals surface area contributed by atoms with Crippen molar-refractivity contribution in [2.45, 2.75) is 62.7 Å². The molecule has 44 heavy (non-hydrogen) atoms. The zero-order valence-corrected chi connectivity index (χ0v) is 25.0. The molecular weight excluding hydrogens is 566 g/mol. The van der Waals surface area contributed by atoms with Gasteiger partial charge in [-0.1, -0.05) is 51.1 Å². The van der Waals surface area contributed by atoms with Gasteiger partial charge in [-0.15, -0.1) is 0 Å². The Hall–Kier alpha value is -4.69. The van der Waals surface area contributed by atoms with E-state index in [0.717, 1.165) is 16.0 Å². The molecule has 4 aliphatic rings. The predicted octanol–water partition coefficient (Wildman–Crippen LogP) is -0.464. The van der Waals surface area contributed by atoms with Crippen LogP contribution in [0, 0.1) is 6.92 Å². The summed E-state index contributed by atoms with van der Waals surface area (Å²) in [5.74, 6) is -3.80. The molecule has 0 bridgehead atoms. The normalized spacial score (nSPS) is 27.5. The molecule has 14 heteroatoms. The quantitative estimate of drug-likeness (QED) is 0.193. The summed E-state index contributed by atoms with van der Waals surface area (Å²) >= 11 is 0. The first-order valence-electron chi connectivity index (χ1n) is 14.4. The van der Waals surface area contributed by atoms with Crippen LogP contribution in [0.3, 0.4) is 0 Å². The van der Waals surface area contributed by atoms with E-state index in [1.54, 1.807) is 42.5 Å². The maximum atomic E-state index is 13.6. The number of hydrogen-bond acceptors (Lipinski definition) is 11. The van der Waals surface area contributed by atoms with E-state index in [1.165, 1.54) is 9.80 Å². The maximum absolute atomic E-state index is 13.6. The number of carbonyl (C=O) groups excluding carboxylic acids is 3. The van der Waals surface area contributed by atoms with Crippen molar-refractivity contribution in [1.29, 1.82) is 0 Å². The number of amides is 4. The van der Waals surface area contributed by atoms with Crippen molar-refractivity contribution in [2.24, 2.45) is 21.5 Å². The predicted molar refractivity (Wildman–Crippen MR) is 163 cm³/mol. The van der Waals surface area contributed by atoms with E-state index in [9.17, 15) is 24.6 Å². The van der Waals surface area contributed by atoms with E-state index in [4.69, 9.17) is 11.5 Å². The number of nitrogens with zero attached hydrogens (tertiary/aromatic N) is 5. The Labute approximate surface area is 254 Å². The van der Waals surface area contributed by atoms with Crippen LogP contribution in [0.15, 0.2) is 58.5 Å². The molecule has 0 radical (unpaired) electrons. The maximum Gasteiger partial charge on any atom is 0.331 e. The average Bonchev–Trinajstić information content (AvgIpc) is 3.54. The third-order valence-electron chi connectivity index (χ3n) is 8.99. The summed E-state index contributed by atoms with van der Waals surface area (Å²) in [4.78, 5) is 52.7. The number of aliphatic hydroxyl groups is 2. The summed E-state index contributed by atoms with van der Waals surface area (Å²) in [5, 5.41) is 29.3. The van der Waals surface area contributed by atoms with E-state index in [-0.39, 0.29) is 37.0 Å². The van der Waals surface area contributed by atoms with Gasteiger partial charge in [0.05, 0.1) is 12.6 Å². The van der Waals surface area contributed by atoms with Crippen molar-refractivity contribution in [2.75, 3.05) is 24.5 Å². The lowest BCUT2D eigenvalue weighted by Gasteiger charge is -2.49. The first-order chi connectivity index (χ1) is 20.7. The SMILES string of the molecule is Cc1c(C(=O)NC2CN3C(N)=N[C@@H](CN4C(=O)CN(c5ccccc5)C4=O)[C@@H]4N=C(N)NC43C2(O)O)cccc1C(C)(C)C. The monoisotopic (exact) mass is 603 g/mol. The van der Waals surface area contributed by atoms with Gasteiger partial charge in [0, 0.05) is 17.8 Å². The van der Waals surface area contributed by atoms with Gasteiger partial charge in [0.15, 0.2) is 17.6 Å². The third kappa shape index (κ3) is 4.27. The van der Waals surface area contributed by atoms with E-state index < -0.39 is 47.4 Å². The molecule has 1 spiro atoms. The topological polar surface area (TPSA) is 202 Å². The molecule has 4 atom stereocenters. The Bertz CT molecular complexity index is 1600. The van der Waals surface area contributed by atoms with Crippen LogP contribution < -0.4 is 27.0 Å². The number of guanidine groups is 2. The van der Waals surface area contributed by atoms with Crippen LogP contribution in [-0.2, 0) is 10.2 Å². The minimum atomic E-state index is -2.67. The summed E-state index contributed by atoms with van der Waals surface area (Å²) in [7, 11) is 0. The molecule has 8 N–H and O–H groups in total. The van der Waals surface area contributed by atoms with E-state index >= 15 is 0 Å². The highest BCUT2D eigenvalue weighted by Gasteiger charge is 2.73. The highest BCUT2D eigenvalue weighted by Crippen LogP contribution is 2.45. The molecule has 2 saturated heterocycles. The number of urea groups is 1. The molecule has 4 heterocycles. The Kier molecular flexibility index (Phi) is 6.63. The molecule has 0 aliphatic carbocycles. The second kappa shape index (κ2) is 9.92. The molecule has 4 aliphatic heterocycles. The van der Waals surface area contributed by atoms with Gasteiger partial charge in [0.1, 0.15) is 18.6 Å². The molecule has 2 fully saturated rings. The number of carbonyl (C=O) groups is 3. The van der Waals surface area contributed by atoms with Crippen molar-refractivity contribution in [3.8, 4) is 0 Å². The lowest BCUT2D eigenvalue weighted by molar-refractivity contribution is -0.230. The highest BCUT2D eigenvalue weighted by atomic mass is 16.5. The number of rotatable bonds is 5. The van der Waals surface area contributed by atoms with Gasteiger partial charge in [0.2, 0.25) is 5.79 Å². The fraction of sp³-hybridized carbons (Fsp3) is 0.433. The summed E-state index contributed by atoms with van der Waals surface area (Å²) in [5.41, 5.74) is 13.2. The van der Waals surface area contributed by atoms with Crippen LogP contribution in [0.1, 0.15) is 42.3 Å². The molecule has 2 aromatic carbocycles. The van der Waals surface area contributed by atoms with Crippen molar-refractivity contribution in [3.63, 3.8) is 0 Å². The third-order valence-corrected chi connectivity index (χ3v) is 8.99. The second-order valence-electron chi connectivity index (χ2n) is 12.7. The first-order valence-corrected chi connectivity index (χ1v) is 14.4. The minimum absolute atomic E-state index is 0.0854. The number of benzene rings is 2. The van der Waals surface area contributed by atoms with Crippen LogP contribution in [0.25, 0.3) is 0 Å². The minimum Gasteiger partial charge on any atom is -0.370 e. The van der Waals surface area contributed by atoms with Crippen LogP contribution in [0.4, 0.5) is 10.5 Å². The van der Waals surface area contributed by atoms with Crippen molar-refractivity contribution < 1.29 is 24.6 Å². The largest absolute Gasteiger partial charge is 0.370 e. The molecule has 0 aromatic heterocycles. The molecule has 2 unspecified atom stereocenters. The molecule has 2 aromatic rings. The summed E-state index contributed by atoms with van der Waals surface area (Å²) in [6.07, 6.45) is 0. The van der Waals surface area contributed by atoms with Crippen LogP contribution in [0.2, 0.25) is 0 Å². The molecule has 6 rings (SSSR count). The molecular formula is C30H37N9O5. The highest BCUT2D eigenvalue weighted by molar-refractivity contribution is 6.12.